The van der Waals surface area contributed by atoms with Gasteiger partial charge in [0.25, 0.3) is 10.0 Å². The van der Waals surface area contributed by atoms with Crippen LogP contribution in [0.4, 0.5) is 18.9 Å². The number of methoxy groups -OCH3 is 1. The molecule has 2 rings (SSSR count). The van der Waals surface area contributed by atoms with Crippen molar-refractivity contribution in [2.24, 2.45) is 0 Å². The molecule has 0 aliphatic rings. The second kappa shape index (κ2) is 7.13. The highest BCUT2D eigenvalue weighted by atomic mass is 35.5. The summed E-state index contributed by atoms with van der Waals surface area (Å²) in [5.74, 6) is 0.535. The van der Waals surface area contributed by atoms with E-state index in [2.05, 4.69) is 4.72 Å². The Bertz CT molecular complexity index is 883. The molecule has 0 spiro atoms. The van der Waals surface area contributed by atoms with Gasteiger partial charge in [-0.2, -0.15) is 13.2 Å². The smallest absolute Gasteiger partial charge is 0.417 e. The first-order valence-electron chi connectivity index (χ1n) is 7.15. The van der Waals surface area contributed by atoms with E-state index in [1.807, 2.05) is 6.92 Å². The third-order valence-corrected chi connectivity index (χ3v) is 5.18. The van der Waals surface area contributed by atoms with Gasteiger partial charge in [-0.3, -0.25) is 4.72 Å². The van der Waals surface area contributed by atoms with Crippen molar-refractivity contribution in [3.63, 3.8) is 0 Å². The summed E-state index contributed by atoms with van der Waals surface area (Å²) >= 11 is 5.53. The lowest BCUT2D eigenvalue weighted by Gasteiger charge is -2.14. The molecular formula is C16H15ClF3NO3S. The van der Waals surface area contributed by atoms with Crippen molar-refractivity contribution in [3.05, 3.63) is 52.5 Å². The first-order valence-corrected chi connectivity index (χ1v) is 9.01. The molecule has 0 saturated carbocycles. The second-order valence-electron chi connectivity index (χ2n) is 5.13. The molecule has 0 aromatic heterocycles. The molecule has 0 amide bonds. The lowest BCUT2D eigenvalue weighted by molar-refractivity contribution is -0.137. The summed E-state index contributed by atoms with van der Waals surface area (Å²) in [7, 11) is -2.60. The first-order chi connectivity index (χ1) is 11.6. The minimum Gasteiger partial charge on any atom is -0.496 e. The Morgan fingerprint density at radius 1 is 1.16 bits per heavy atom. The van der Waals surface area contributed by atoms with E-state index in [1.54, 1.807) is 0 Å². The zero-order valence-electron chi connectivity index (χ0n) is 13.3. The van der Waals surface area contributed by atoms with Crippen LogP contribution in [0.2, 0.25) is 5.02 Å². The molecule has 2 aromatic carbocycles. The molecule has 2 aromatic rings. The van der Waals surface area contributed by atoms with E-state index >= 15 is 0 Å². The lowest BCUT2D eigenvalue weighted by Crippen LogP contribution is -2.14. The number of anilines is 1. The molecule has 0 radical (unpaired) electrons. The van der Waals surface area contributed by atoms with Crippen molar-refractivity contribution in [2.75, 3.05) is 11.8 Å². The maximum absolute atomic E-state index is 12.9. The number of halogens is 4. The topological polar surface area (TPSA) is 55.4 Å². The number of rotatable bonds is 5. The minimum absolute atomic E-state index is 0.0753. The van der Waals surface area contributed by atoms with Crippen molar-refractivity contribution in [1.29, 1.82) is 0 Å². The molecule has 25 heavy (non-hydrogen) atoms. The SMILES string of the molecule is CCc1cc(S(=O)(=O)Nc2ccc(Cl)c(C(F)(F)F)c2)ccc1OC. The molecule has 0 saturated heterocycles. The van der Waals surface area contributed by atoms with Crippen molar-refractivity contribution < 1.29 is 26.3 Å². The summed E-state index contributed by atoms with van der Waals surface area (Å²) in [6.45, 7) is 1.83. The number of hydrogen-bond donors (Lipinski definition) is 1. The van der Waals surface area contributed by atoms with Crippen molar-refractivity contribution in [1.82, 2.24) is 0 Å². The van der Waals surface area contributed by atoms with E-state index in [0.29, 0.717) is 23.8 Å². The van der Waals surface area contributed by atoms with Gasteiger partial charge in [0.2, 0.25) is 0 Å². The monoisotopic (exact) mass is 393 g/mol. The number of nitrogens with one attached hydrogen (secondary N) is 1. The fourth-order valence-corrected chi connectivity index (χ4v) is 3.54. The average molecular weight is 394 g/mol. The molecule has 0 aliphatic carbocycles. The molecule has 0 unspecified atom stereocenters. The number of ether oxygens (including phenoxy) is 1. The van der Waals surface area contributed by atoms with Crippen molar-refractivity contribution in [2.45, 2.75) is 24.4 Å². The van der Waals surface area contributed by atoms with Crippen molar-refractivity contribution >= 4 is 27.3 Å². The Morgan fingerprint density at radius 3 is 2.40 bits per heavy atom. The number of aryl methyl sites for hydroxylation is 1. The summed E-state index contributed by atoms with van der Waals surface area (Å²) in [5, 5.41) is -0.506. The zero-order valence-corrected chi connectivity index (χ0v) is 14.9. The van der Waals surface area contributed by atoms with E-state index < -0.39 is 26.8 Å². The lowest BCUT2D eigenvalue weighted by atomic mass is 10.1. The fraction of sp³-hybridized carbons (Fsp3) is 0.250. The van der Waals surface area contributed by atoms with Crippen LogP contribution in [0.15, 0.2) is 41.3 Å². The van der Waals surface area contributed by atoms with Crippen LogP contribution in [0.1, 0.15) is 18.1 Å². The quantitative estimate of drug-likeness (QED) is 0.798. The third kappa shape index (κ3) is 4.38. The largest absolute Gasteiger partial charge is 0.496 e. The van der Waals surface area contributed by atoms with Crippen molar-refractivity contribution in [3.8, 4) is 5.75 Å². The number of hydrogen-bond acceptors (Lipinski definition) is 3. The zero-order chi connectivity index (χ0) is 18.8. The number of sulfonamides is 1. The number of benzene rings is 2. The summed E-state index contributed by atoms with van der Waals surface area (Å²) in [6.07, 6.45) is -4.15. The van der Waals surface area contributed by atoms with Crippen LogP contribution in [0.25, 0.3) is 0 Å². The molecule has 0 aliphatic heterocycles. The highest BCUT2D eigenvalue weighted by molar-refractivity contribution is 7.92. The van der Waals surface area contributed by atoms with Gasteiger partial charge in [0.15, 0.2) is 0 Å². The Labute approximate surface area is 148 Å². The van der Waals surface area contributed by atoms with Gasteiger partial charge in [0.1, 0.15) is 5.75 Å². The predicted molar refractivity (Wildman–Crippen MR) is 89.6 cm³/mol. The van der Waals surface area contributed by atoms with E-state index in [4.69, 9.17) is 16.3 Å². The normalized spacial score (nSPS) is 12.1. The van der Waals surface area contributed by atoms with Gasteiger partial charge in [-0.15, -0.1) is 0 Å². The Balaban J connectivity index is 2.40. The molecule has 136 valence electrons. The molecule has 0 fully saturated rings. The van der Waals surface area contributed by atoms with E-state index in [9.17, 15) is 21.6 Å². The van der Waals surface area contributed by atoms with E-state index in [0.717, 1.165) is 6.07 Å². The molecular weight excluding hydrogens is 379 g/mol. The average Bonchev–Trinajstić information content (AvgIpc) is 2.54. The van der Waals surface area contributed by atoms with Crippen LogP contribution >= 0.6 is 11.6 Å². The summed E-state index contributed by atoms with van der Waals surface area (Å²) in [5.41, 5.74) is -0.679. The van der Waals surface area contributed by atoms with Gasteiger partial charge in [0, 0.05) is 5.69 Å². The highest BCUT2D eigenvalue weighted by Crippen LogP contribution is 2.36. The number of alkyl halides is 3. The van der Waals surface area contributed by atoms with E-state index in [1.165, 1.54) is 31.4 Å². The van der Waals surface area contributed by atoms with Crippen LogP contribution in [-0.4, -0.2) is 15.5 Å². The second-order valence-corrected chi connectivity index (χ2v) is 7.21. The maximum Gasteiger partial charge on any atom is 0.417 e. The van der Waals surface area contributed by atoms with Crippen LogP contribution in [0.5, 0.6) is 5.75 Å². The minimum atomic E-state index is -4.69. The van der Waals surface area contributed by atoms with E-state index in [-0.39, 0.29) is 10.6 Å². The summed E-state index contributed by atoms with van der Waals surface area (Å²) < 4.78 is 70.8. The summed E-state index contributed by atoms with van der Waals surface area (Å²) in [6, 6.07) is 7.05. The van der Waals surface area contributed by atoms with Gasteiger partial charge in [0.05, 0.1) is 22.6 Å². The molecule has 0 bridgehead atoms. The Hall–Kier alpha value is -1.93. The van der Waals surface area contributed by atoms with Crippen LogP contribution in [-0.2, 0) is 22.6 Å². The highest BCUT2D eigenvalue weighted by Gasteiger charge is 2.33. The standard InChI is InChI=1S/C16H15ClF3NO3S/c1-3-10-8-12(5-7-15(10)24-2)25(22,23)21-11-4-6-14(17)13(9-11)16(18,19)20/h4-9,21H,3H2,1-2H3. The first kappa shape index (κ1) is 19.4. The predicted octanol–water partition coefficient (Wildman–Crippen LogP) is 4.73. The Morgan fingerprint density at radius 2 is 1.84 bits per heavy atom. The van der Waals surface area contributed by atoms with Gasteiger partial charge >= 0.3 is 6.18 Å². The van der Waals surface area contributed by atoms with Gasteiger partial charge in [-0.05, 0) is 48.4 Å². The van der Waals surface area contributed by atoms with Crippen LogP contribution in [0.3, 0.4) is 0 Å². The molecule has 0 atom stereocenters. The Kier molecular flexibility index (Phi) is 5.53. The van der Waals surface area contributed by atoms with Gasteiger partial charge in [-0.25, -0.2) is 8.42 Å². The van der Waals surface area contributed by atoms with Crippen LogP contribution in [0, 0.1) is 0 Å². The molecule has 0 heterocycles. The molecule has 1 N–H and O–H groups in total. The molecule has 9 heteroatoms. The van der Waals surface area contributed by atoms with Gasteiger partial charge in [-0.1, -0.05) is 18.5 Å². The summed E-state index contributed by atoms with van der Waals surface area (Å²) in [4.78, 5) is -0.0753. The molecule has 4 nitrogen and oxygen atoms in total. The van der Waals surface area contributed by atoms with Crippen LogP contribution < -0.4 is 9.46 Å². The van der Waals surface area contributed by atoms with Gasteiger partial charge < -0.3 is 4.74 Å². The fourth-order valence-electron chi connectivity index (χ4n) is 2.22. The third-order valence-electron chi connectivity index (χ3n) is 3.47. The maximum atomic E-state index is 12.9.